The minimum Gasteiger partial charge on any atom is -0.309 e. The van der Waals surface area contributed by atoms with Crippen LogP contribution in [-0.4, -0.2) is 18.3 Å². The second-order valence-corrected chi connectivity index (χ2v) is 3.04. The van der Waals surface area contributed by atoms with Gasteiger partial charge in [-0.2, -0.15) is 0 Å². The number of rotatable bonds is 1. The van der Waals surface area contributed by atoms with Gasteiger partial charge in [-0.3, -0.25) is 15.1 Å². The number of hydrogen-bond donors (Lipinski definition) is 2. The molecule has 72 valence electrons. The molecular weight excluding hydrogens is 170 g/mol. The summed E-state index contributed by atoms with van der Waals surface area (Å²) in [6, 6.07) is 0. The maximum atomic E-state index is 10.9. The minimum atomic E-state index is -0.260. The second-order valence-electron chi connectivity index (χ2n) is 3.04. The van der Waals surface area contributed by atoms with Crippen LogP contribution in [-0.2, 0) is 9.63 Å². The molecule has 1 amide bonds. The van der Waals surface area contributed by atoms with Crippen LogP contribution in [0, 0.1) is 5.92 Å². The monoisotopic (exact) mass is 183 g/mol. The van der Waals surface area contributed by atoms with Gasteiger partial charge in [0.25, 0.3) is 5.91 Å². The molecule has 2 N–H and O–H groups in total. The largest absolute Gasteiger partial charge is 0.309 e. The Morgan fingerprint density at radius 1 is 1.62 bits per heavy atom. The quantitative estimate of drug-likeness (QED) is 0.608. The minimum absolute atomic E-state index is 0.0369. The first-order chi connectivity index (χ1) is 6.09. The topological polar surface area (TPSA) is 62.7 Å². The van der Waals surface area contributed by atoms with Crippen LogP contribution in [0.15, 0.2) is 17.4 Å². The molecule has 5 heteroatoms. The molecule has 1 rings (SSSR count). The number of amides is 1. The molecule has 0 aromatic carbocycles. The molecule has 1 aliphatic rings. The van der Waals surface area contributed by atoms with E-state index in [9.17, 15) is 4.79 Å². The molecular formula is C8H13N3O2. The Balaban J connectivity index is 2.75. The first-order valence-corrected chi connectivity index (χ1v) is 4.04. The van der Waals surface area contributed by atoms with Crippen molar-refractivity contribution in [1.82, 2.24) is 10.8 Å². The fourth-order valence-corrected chi connectivity index (χ4v) is 0.816. The van der Waals surface area contributed by atoms with E-state index < -0.39 is 0 Å². The van der Waals surface area contributed by atoms with Gasteiger partial charge in [-0.05, 0) is 0 Å². The number of hydroxylamine groups is 1. The van der Waals surface area contributed by atoms with Gasteiger partial charge in [0.05, 0.1) is 0 Å². The zero-order chi connectivity index (χ0) is 9.84. The van der Waals surface area contributed by atoms with Crippen LogP contribution < -0.4 is 10.8 Å². The number of hydrogen-bond acceptors (Lipinski definition) is 4. The lowest BCUT2D eigenvalue weighted by molar-refractivity contribution is -0.126. The number of aliphatic imine (C=N–C) groups is 1. The van der Waals surface area contributed by atoms with Gasteiger partial charge in [0.15, 0.2) is 6.61 Å². The lowest BCUT2D eigenvalue weighted by Gasteiger charge is -2.16. The summed E-state index contributed by atoms with van der Waals surface area (Å²) in [7, 11) is 0. The highest BCUT2D eigenvalue weighted by Crippen LogP contribution is 2.00. The Bertz CT molecular complexity index is 258. The third-order valence-electron chi connectivity index (χ3n) is 1.47. The Morgan fingerprint density at radius 2 is 2.31 bits per heavy atom. The number of nitrogens with one attached hydrogen (secondary N) is 2. The normalized spacial score (nSPS) is 22.5. The standard InChI is InChI=1S/C8H13N3O2/c1-5(2)8-10-6(3)9-7(12)4-13-11-8/h5H,3-4H2,1-2H3,(H,9,12)(H,10,11). The molecule has 0 atom stereocenters. The SMILES string of the molecule is C=C1/N=C(/C(C)C)NOCC(=O)N1. The zero-order valence-electron chi connectivity index (χ0n) is 7.76. The predicted molar refractivity (Wildman–Crippen MR) is 48.6 cm³/mol. The summed E-state index contributed by atoms with van der Waals surface area (Å²) in [6.45, 7) is 7.48. The lowest BCUT2D eigenvalue weighted by atomic mass is 10.2. The van der Waals surface area contributed by atoms with Crippen LogP contribution in [0.1, 0.15) is 13.8 Å². The summed E-state index contributed by atoms with van der Waals surface area (Å²) < 4.78 is 0. The maximum absolute atomic E-state index is 10.9. The highest BCUT2D eigenvalue weighted by molar-refractivity contribution is 5.86. The Hall–Kier alpha value is -1.36. The average molecular weight is 183 g/mol. The molecule has 0 aromatic heterocycles. The zero-order valence-corrected chi connectivity index (χ0v) is 7.76. The Kier molecular flexibility index (Phi) is 3.02. The highest BCUT2D eigenvalue weighted by Gasteiger charge is 2.11. The number of carbonyl (C=O) groups is 1. The van der Waals surface area contributed by atoms with Gasteiger partial charge >= 0.3 is 0 Å². The van der Waals surface area contributed by atoms with Crippen molar-refractivity contribution in [2.45, 2.75) is 13.8 Å². The highest BCUT2D eigenvalue weighted by atomic mass is 16.6. The van der Waals surface area contributed by atoms with E-state index in [4.69, 9.17) is 4.84 Å². The van der Waals surface area contributed by atoms with Gasteiger partial charge in [0, 0.05) is 5.92 Å². The van der Waals surface area contributed by atoms with E-state index in [1.807, 2.05) is 13.8 Å². The maximum Gasteiger partial charge on any atom is 0.254 e. The summed E-state index contributed by atoms with van der Waals surface area (Å²) >= 11 is 0. The predicted octanol–water partition coefficient (Wildman–Crippen LogP) is 0.163. The van der Waals surface area contributed by atoms with Crippen molar-refractivity contribution in [3.8, 4) is 0 Å². The Morgan fingerprint density at radius 3 is 2.92 bits per heavy atom. The summed E-state index contributed by atoms with van der Waals surface area (Å²) in [6.07, 6.45) is 0. The fourth-order valence-electron chi connectivity index (χ4n) is 0.816. The van der Waals surface area contributed by atoms with Crippen LogP contribution in [0.4, 0.5) is 0 Å². The summed E-state index contributed by atoms with van der Waals surface area (Å²) in [5.74, 6) is 0.935. The van der Waals surface area contributed by atoms with Crippen molar-refractivity contribution in [2.24, 2.45) is 10.9 Å². The fraction of sp³-hybridized carbons (Fsp3) is 0.500. The molecule has 0 fully saturated rings. The van der Waals surface area contributed by atoms with E-state index in [-0.39, 0.29) is 18.4 Å². The molecule has 0 bridgehead atoms. The smallest absolute Gasteiger partial charge is 0.254 e. The van der Waals surface area contributed by atoms with Gasteiger partial charge < -0.3 is 5.32 Å². The summed E-state index contributed by atoms with van der Waals surface area (Å²) in [4.78, 5) is 19.8. The number of amidine groups is 1. The first-order valence-electron chi connectivity index (χ1n) is 4.04. The van der Waals surface area contributed by atoms with Crippen LogP contribution in [0.25, 0.3) is 0 Å². The van der Waals surface area contributed by atoms with E-state index in [0.717, 1.165) is 0 Å². The molecule has 0 spiro atoms. The van der Waals surface area contributed by atoms with E-state index >= 15 is 0 Å². The van der Waals surface area contributed by atoms with E-state index in [2.05, 4.69) is 22.4 Å². The molecule has 0 saturated carbocycles. The van der Waals surface area contributed by atoms with Crippen LogP contribution in [0.5, 0.6) is 0 Å². The molecule has 1 heterocycles. The van der Waals surface area contributed by atoms with Gasteiger partial charge in [-0.25, -0.2) is 4.99 Å². The van der Waals surface area contributed by atoms with Crippen molar-refractivity contribution in [3.05, 3.63) is 12.4 Å². The third-order valence-corrected chi connectivity index (χ3v) is 1.47. The second kappa shape index (κ2) is 4.04. The molecule has 0 unspecified atom stereocenters. The van der Waals surface area contributed by atoms with Gasteiger partial charge in [0.1, 0.15) is 11.7 Å². The summed E-state index contributed by atoms with van der Waals surface area (Å²) in [5, 5.41) is 2.48. The molecule has 0 radical (unpaired) electrons. The van der Waals surface area contributed by atoms with E-state index in [1.54, 1.807) is 0 Å². The molecule has 13 heavy (non-hydrogen) atoms. The molecule has 1 aliphatic heterocycles. The molecule has 0 saturated heterocycles. The molecule has 5 nitrogen and oxygen atoms in total. The Labute approximate surface area is 76.8 Å². The van der Waals surface area contributed by atoms with Crippen LogP contribution >= 0.6 is 0 Å². The van der Waals surface area contributed by atoms with E-state index in [1.165, 1.54) is 0 Å². The van der Waals surface area contributed by atoms with Gasteiger partial charge in [-0.15, -0.1) is 0 Å². The lowest BCUT2D eigenvalue weighted by Crippen LogP contribution is -2.37. The average Bonchev–Trinajstić information content (AvgIpc) is 1.98. The van der Waals surface area contributed by atoms with E-state index in [0.29, 0.717) is 11.7 Å². The number of carbonyl (C=O) groups excluding carboxylic acids is 1. The van der Waals surface area contributed by atoms with Crippen LogP contribution in [0.2, 0.25) is 0 Å². The molecule has 0 aromatic rings. The van der Waals surface area contributed by atoms with Gasteiger partial charge in [0.2, 0.25) is 0 Å². The van der Waals surface area contributed by atoms with Crippen molar-refractivity contribution in [1.29, 1.82) is 0 Å². The van der Waals surface area contributed by atoms with Crippen molar-refractivity contribution < 1.29 is 9.63 Å². The van der Waals surface area contributed by atoms with Crippen LogP contribution in [0.3, 0.4) is 0 Å². The third kappa shape index (κ3) is 2.87. The van der Waals surface area contributed by atoms with Crippen molar-refractivity contribution in [2.75, 3.05) is 6.61 Å². The van der Waals surface area contributed by atoms with Crippen molar-refractivity contribution in [3.63, 3.8) is 0 Å². The summed E-state index contributed by atoms with van der Waals surface area (Å²) in [5.41, 5.74) is 2.61. The molecule has 0 aliphatic carbocycles. The van der Waals surface area contributed by atoms with Crippen molar-refractivity contribution >= 4 is 11.7 Å². The number of nitrogens with zero attached hydrogens (tertiary/aromatic N) is 1. The van der Waals surface area contributed by atoms with Gasteiger partial charge in [-0.1, -0.05) is 20.4 Å². The first kappa shape index (κ1) is 9.73.